The molecule has 39 heavy (non-hydrogen) atoms. The van der Waals surface area contributed by atoms with E-state index in [1.165, 1.54) is 18.2 Å². The number of rotatable bonds is 5. The molecule has 0 spiro atoms. The lowest BCUT2D eigenvalue weighted by Crippen LogP contribution is -2.42. The number of dihydropyridines is 1. The quantitative estimate of drug-likeness (QED) is 0.446. The van der Waals surface area contributed by atoms with Crippen LogP contribution in [-0.4, -0.2) is 24.1 Å². The van der Waals surface area contributed by atoms with E-state index in [1.807, 2.05) is 0 Å². The maximum Gasteiger partial charge on any atom is 0.262 e. The first-order valence-corrected chi connectivity index (χ1v) is 13.5. The van der Waals surface area contributed by atoms with Crippen LogP contribution in [0, 0.1) is 16.6 Å². The third-order valence-electron chi connectivity index (χ3n) is 7.52. The minimum Gasteiger partial charge on any atom is -0.482 e. The number of hydrogen-bond donors (Lipinski definition) is 2. The molecule has 0 aromatic heterocycles. The predicted molar refractivity (Wildman–Crippen MR) is 148 cm³/mol. The molecule has 2 aliphatic carbocycles. The lowest BCUT2D eigenvalue weighted by molar-refractivity contribution is -0.119. The summed E-state index contributed by atoms with van der Waals surface area (Å²) in [7, 11) is 0. The van der Waals surface area contributed by atoms with Gasteiger partial charge in [-0.3, -0.25) is 14.4 Å². The molecule has 0 saturated carbocycles. The SMILES string of the molecule is CC1(C)CC(=O)C2=C(C1)NC1=C(C(=O)CC(C)(C)C1)C2c1ccc(OCC(=O)Nc2ccccc2F)c(Cl)c1. The molecule has 1 amide bonds. The summed E-state index contributed by atoms with van der Waals surface area (Å²) < 4.78 is 19.5. The van der Waals surface area contributed by atoms with Crippen molar-refractivity contribution in [3.8, 4) is 5.75 Å². The number of amides is 1. The number of halogens is 2. The van der Waals surface area contributed by atoms with Gasteiger partial charge in [0.05, 0.1) is 10.7 Å². The minimum absolute atomic E-state index is 0.0317. The number of carbonyl (C=O) groups is 3. The number of anilines is 1. The second-order valence-corrected chi connectivity index (χ2v) is 12.6. The zero-order valence-electron chi connectivity index (χ0n) is 22.5. The highest BCUT2D eigenvalue weighted by molar-refractivity contribution is 6.32. The van der Waals surface area contributed by atoms with E-state index in [2.05, 4.69) is 38.3 Å². The summed E-state index contributed by atoms with van der Waals surface area (Å²) in [6.07, 6.45) is 2.22. The fourth-order valence-corrected chi connectivity index (χ4v) is 6.17. The number of carbonyl (C=O) groups excluding carboxylic acids is 3. The van der Waals surface area contributed by atoms with E-state index < -0.39 is 17.6 Å². The van der Waals surface area contributed by atoms with Crippen LogP contribution in [0.1, 0.15) is 64.9 Å². The number of ketones is 2. The molecule has 0 fully saturated rings. The lowest BCUT2D eigenvalue weighted by Gasteiger charge is -2.44. The molecular weight excluding hydrogens is 519 g/mol. The Morgan fingerprint density at radius 1 is 0.974 bits per heavy atom. The van der Waals surface area contributed by atoms with E-state index in [1.54, 1.807) is 24.3 Å². The summed E-state index contributed by atoms with van der Waals surface area (Å²) in [5.41, 5.74) is 3.46. The van der Waals surface area contributed by atoms with Crippen molar-refractivity contribution >= 4 is 34.8 Å². The van der Waals surface area contributed by atoms with Gasteiger partial charge in [0.15, 0.2) is 18.2 Å². The molecule has 2 N–H and O–H groups in total. The number of benzene rings is 2. The highest BCUT2D eigenvalue weighted by Crippen LogP contribution is 2.51. The van der Waals surface area contributed by atoms with Crippen molar-refractivity contribution in [3.05, 3.63) is 81.4 Å². The van der Waals surface area contributed by atoms with Crippen molar-refractivity contribution in [3.63, 3.8) is 0 Å². The summed E-state index contributed by atoms with van der Waals surface area (Å²) in [5.74, 6) is -1.26. The third-order valence-corrected chi connectivity index (χ3v) is 7.81. The molecule has 204 valence electrons. The Bertz CT molecular complexity index is 1400. The van der Waals surface area contributed by atoms with Crippen LogP contribution in [0.15, 0.2) is 65.0 Å². The number of Topliss-reactive ketones (excluding diaryl/α,β-unsaturated/α-hetero) is 2. The maximum absolute atomic E-state index is 13.8. The van der Waals surface area contributed by atoms with Gasteiger partial charge in [0, 0.05) is 41.3 Å². The molecule has 0 unspecified atom stereocenters. The van der Waals surface area contributed by atoms with E-state index in [0.29, 0.717) is 36.8 Å². The van der Waals surface area contributed by atoms with Gasteiger partial charge in [0.2, 0.25) is 0 Å². The van der Waals surface area contributed by atoms with Gasteiger partial charge >= 0.3 is 0 Å². The van der Waals surface area contributed by atoms with Gasteiger partial charge in [-0.05, 0) is 53.5 Å². The minimum atomic E-state index is -0.543. The van der Waals surface area contributed by atoms with E-state index in [9.17, 15) is 18.8 Å². The number of ether oxygens (including phenoxy) is 1. The molecule has 1 heterocycles. The van der Waals surface area contributed by atoms with E-state index in [0.717, 1.165) is 17.0 Å². The van der Waals surface area contributed by atoms with Crippen molar-refractivity contribution in [2.75, 3.05) is 11.9 Å². The van der Waals surface area contributed by atoms with Crippen molar-refractivity contribution in [1.29, 1.82) is 0 Å². The molecule has 0 atom stereocenters. The summed E-state index contributed by atoms with van der Waals surface area (Å²) >= 11 is 6.60. The molecule has 8 heteroatoms. The monoisotopic (exact) mass is 550 g/mol. The third kappa shape index (κ3) is 5.50. The topological polar surface area (TPSA) is 84.5 Å². The number of para-hydroxylation sites is 1. The van der Waals surface area contributed by atoms with Crippen LogP contribution in [-0.2, 0) is 14.4 Å². The van der Waals surface area contributed by atoms with Gasteiger partial charge in [0.1, 0.15) is 11.6 Å². The first-order valence-electron chi connectivity index (χ1n) is 13.1. The fourth-order valence-electron chi connectivity index (χ4n) is 5.93. The predicted octanol–water partition coefficient (Wildman–Crippen LogP) is 6.47. The van der Waals surface area contributed by atoms with Gasteiger partial charge in [0.25, 0.3) is 5.91 Å². The van der Waals surface area contributed by atoms with Crippen LogP contribution in [0.5, 0.6) is 5.75 Å². The average Bonchev–Trinajstić information content (AvgIpc) is 2.82. The summed E-state index contributed by atoms with van der Waals surface area (Å²) in [4.78, 5) is 39.3. The van der Waals surface area contributed by atoms with Crippen LogP contribution in [0.3, 0.4) is 0 Å². The molecule has 0 saturated heterocycles. The van der Waals surface area contributed by atoms with Crippen molar-refractivity contribution in [1.82, 2.24) is 5.32 Å². The molecular formula is C31H32ClFN2O4. The maximum atomic E-state index is 13.8. The Morgan fingerprint density at radius 3 is 2.13 bits per heavy atom. The van der Waals surface area contributed by atoms with Gasteiger partial charge in [-0.2, -0.15) is 0 Å². The Morgan fingerprint density at radius 2 is 1.56 bits per heavy atom. The van der Waals surface area contributed by atoms with Crippen molar-refractivity contribution in [2.45, 2.75) is 59.3 Å². The first kappa shape index (κ1) is 27.1. The normalized spacial score (nSPS) is 20.3. The highest BCUT2D eigenvalue weighted by Gasteiger charge is 2.46. The van der Waals surface area contributed by atoms with Crippen LogP contribution in [0.25, 0.3) is 0 Å². The smallest absolute Gasteiger partial charge is 0.262 e. The standard InChI is InChI=1S/C31H32ClFN2O4/c1-30(2)12-21-28(23(36)14-30)27(29-22(34-21)13-31(3,4)15-24(29)37)17-9-10-25(18(32)11-17)39-16-26(38)35-20-8-6-5-7-19(20)33/h5-11,27,34H,12-16H2,1-4H3,(H,35,38). The second kappa shape index (κ2) is 9.94. The lowest BCUT2D eigenvalue weighted by atomic mass is 9.64. The Hall–Kier alpha value is -3.45. The number of hydrogen-bond acceptors (Lipinski definition) is 5. The first-order chi connectivity index (χ1) is 18.3. The van der Waals surface area contributed by atoms with Crippen molar-refractivity contribution in [2.24, 2.45) is 10.8 Å². The summed E-state index contributed by atoms with van der Waals surface area (Å²) in [6.45, 7) is 7.95. The average molecular weight is 551 g/mol. The Balaban J connectivity index is 1.44. The van der Waals surface area contributed by atoms with Crippen LogP contribution < -0.4 is 15.4 Å². The van der Waals surface area contributed by atoms with Gasteiger partial charge < -0.3 is 15.4 Å². The van der Waals surface area contributed by atoms with Gasteiger partial charge in [-0.25, -0.2) is 4.39 Å². The van der Waals surface area contributed by atoms with Crippen LogP contribution in [0.2, 0.25) is 5.02 Å². The largest absolute Gasteiger partial charge is 0.482 e. The zero-order valence-corrected chi connectivity index (χ0v) is 23.3. The molecule has 5 rings (SSSR count). The Labute approximate surface area is 232 Å². The Kier molecular flexibility index (Phi) is 6.91. The van der Waals surface area contributed by atoms with Crippen LogP contribution in [0.4, 0.5) is 10.1 Å². The molecule has 0 radical (unpaired) electrons. The zero-order chi connectivity index (χ0) is 28.1. The van der Waals surface area contributed by atoms with Crippen LogP contribution >= 0.6 is 11.6 Å². The molecule has 6 nitrogen and oxygen atoms in total. The summed E-state index contributed by atoms with van der Waals surface area (Å²) in [6, 6.07) is 11.0. The molecule has 0 bridgehead atoms. The molecule has 3 aliphatic rings. The van der Waals surface area contributed by atoms with E-state index in [4.69, 9.17) is 16.3 Å². The van der Waals surface area contributed by atoms with E-state index >= 15 is 0 Å². The molecule has 2 aromatic carbocycles. The molecule has 1 aliphatic heterocycles. The fraction of sp³-hybridized carbons (Fsp3) is 0.387. The molecule has 2 aromatic rings. The summed E-state index contributed by atoms with van der Waals surface area (Å²) in [5, 5.41) is 6.22. The van der Waals surface area contributed by atoms with Gasteiger partial charge in [-0.1, -0.05) is 57.5 Å². The van der Waals surface area contributed by atoms with E-state index in [-0.39, 0.29) is 45.5 Å². The number of allylic oxidation sites excluding steroid dienone is 4. The highest BCUT2D eigenvalue weighted by atomic mass is 35.5. The van der Waals surface area contributed by atoms with Gasteiger partial charge in [-0.15, -0.1) is 0 Å². The number of nitrogens with one attached hydrogen (secondary N) is 2. The second-order valence-electron chi connectivity index (χ2n) is 12.2. The van der Waals surface area contributed by atoms with Crippen molar-refractivity contribution < 1.29 is 23.5 Å².